The zero-order valence-electron chi connectivity index (χ0n) is 12.2. The Bertz CT molecular complexity index is 409. The van der Waals surface area contributed by atoms with E-state index in [1.807, 2.05) is 6.07 Å². The van der Waals surface area contributed by atoms with Gasteiger partial charge in [0.25, 0.3) is 0 Å². The summed E-state index contributed by atoms with van der Waals surface area (Å²) in [5, 5.41) is 3.42. The Morgan fingerprint density at radius 3 is 2.85 bits per heavy atom. The Labute approximate surface area is 126 Å². The van der Waals surface area contributed by atoms with Crippen molar-refractivity contribution >= 4 is 12.4 Å². The van der Waals surface area contributed by atoms with E-state index in [4.69, 9.17) is 4.74 Å². The molecule has 20 heavy (non-hydrogen) atoms. The molecule has 0 bridgehead atoms. The molecule has 0 radical (unpaired) electrons. The third-order valence-electron chi connectivity index (χ3n) is 3.82. The molecule has 1 aromatic rings. The number of nitrogens with zero attached hydrogens (tertiary/aromatic N) is 1. The van der Waals surface area contributed by atoms with E-state index >= 15 is 0 Å². The predicted molar refractivity (Wildman–Crippen MR) is 82.2 cm³/mol. The molecule has 114 valence electrons. The van der Waals surface area contributed by atoms with Crippen LogP contribution in [0.15, 0.2) is 18.2 Å². The summed E-state index contributed by atoms with van der Waals surface area (Å²) in [5.74, 6) is 0.0287. The van der Waals surface area contributed by atoms with E-state index in [-0.39, 0.29) is 18.2 Å². The van der Waals surface area contributed by atoms with E-state index in [1.54, 1.807) is 12.1 Å². The van der Waals surface area contributed by atoms with Gasteiger partial charge in [-0.25, -0.2) is 4.39 Å². The van der Waals surface area contributed by atoms with E-state index in [0.29, 0.717) is 11.8 Å². The van der Waals surface area contributed by atoms with Gasteiger partial charge in [-0.15, -0.1) is 12.4 Å². The fraction of sp³-hybridized carbons (Fsp3) is 0.600. The first-order valence-electron chi connectivity index (χ1n) is 6.94. The average Bonchev–Trinajstić information content (AvgIpc) is 2.68. The van der Waals surface area contributed by atoms with Gasteiger partial charge in [-0.1, -0.05) is 6.07 Å². The van der Waals surface area contributed by atoms with Gasteiger partial charge in [-0.3, -0.25) is 4.90 Å². The van der Waals surface area contributed by atoms with Crippen molar-refractivity contribution in [1.29, 1.82) is 0 Å². The van der Waals surface area contributed by atoms with Crippen LogP contribution in [0.2, 0.25) is 0 Å². The lowest BCUT2D eigenvalue weighted by Gasteiger charge is -2.27. The largest absolute Gasteiger partial charge is 0.494 e. The molecule has 0 aromatic heterocycles. The van der Waals surface area contributed by atoms with Crippen LogP contribution in [0.1, 0.15) is 24.8 Å². The summed E-state index contributed by atoms with van der Waals surface area (Å²) < 4.78 is 18.6. The van der Waals surface area contributed by atoms with Gasteiger partial charge < -0.3 is 10.1 Å². The Hall–Kier alpha value is -0.840. The summed E-state index contributed by atoms with van der Waals surface area (Å²) in [4.78, 5) is 2.33. The smallest absolute Gasteiger partial charge is 0.165 e. The number of hydrogen-bond donors (Lipinski definition) is 1. The van der Waals surface area contributed by atoms with E-state index < -0.39 is 0 Å². The Kier molecular flexibility index (Phi) is 7.27. The van der Waals surface area contributed by atoms with Gasteiger partial charge >= 0.3 is 0 Å². The van der Waals surface area contributed by atoms with Crippen molar-refractivity contribution in [3.8, 4) is 5.75 Å². The van der Waals surface area contributed by atoms with Crippen LogP contribution in [0.5, 0.6) is 5.75 Å². The molecule has 1 atom stereocenters. The van der Waals surface area contributed by atoms with Gasteiger partial charge in [0.1, 0.15) is 0 Å². The van der Waals surface area contributed by atoms with Crippen molar-refractivity contribution in [3.05, 3.63) is 29.6 Å². The maximum Gasteiger partial charge on any atom is 0.165 e. The van der Waals surface area contributed by atoms with Crippen molar-refractivity contribution in [3.63, 3.8) is 0 Å². The lowest BCUT2D eigenvalue weighted by atomic mass is 10.1. The second-order valence-corrected chi connectivity index (χ2v) is 5.22. The van der Waals surface area contributed by atoms with Gasteiger partial charge in [-0.2, -0.15) is 0 Å². The summed E-state index contributed by atoms with van der Waals surface area (Å²) in [7, 11) is 3.61. The lowest BCUT2D eigenvalue weighted by molar-refractivity contribution is 0.216. The quantitative estimate of drug-likeness (QED) is 0.925. The van der Waals surface area contributed by atoms with Crippen molar-refractivity contribution in [2.75, 3.05) is 27.2 Å². The number of rotatable bonds is 4. The van der Waals surface area contributed by atoms with Gasteiger partial charge in [-0.05, 0) is 57.1 Å². The number of benzene rings is 1. The average molecular weight is 303 g/mol. The fourth-order valence-electron chi connectivity index (χ4n) is 2.67. The van der Waals surface area contributed by atoms with Crippen LogP contribution in [0.4, 0.5) is 4.39 Å². The molecular formula is C15H24ClFN2O. The van der Waals surface area contributed by atoms with Gasteiger partial charge in [0.2, 0.25) is 0 Å². The topological polar surface area (TPSA) is 24.5 Å². The van der Waals surface area contributed by atoms with E-state index in [0.717, 1.165) is 31.6 Å². The molecule has 1 N–H and O–H groups in total. The summed E-state index contributed by atoms with van der Waals surface area (Å²) in [6.07, 6.45) is 3.59. The third kappa shape index (κ3) is 4.62. The molecule has 0 amide bonds. The maximum atomic E-state index is 13.7. The van der Waals surface area contributed by atoms with Crippen LogP contribution in [0, 0.1) is 5.82 Å². The molecule has 1 fully saturated rings. The highest BCUT2D eigenvalue weighted by Crippen LogP contribution is 2.20. The Balaban J connectivity index is 0.00000200. The van der Waals surface area contributed by atoms with Crippen molar-refractivity contribution < 1.29 is 9.13 Å². The maximum absolute atomic E-state index is 13.7. The third-order valence-corrected chi connectivity index (χ3v) is 3.82. The first-order chi connectivity index (χ1) is 9.20. The molecule has 0 spiro atoms. The molecule has 1 aromatic carbocycles. The number of halogens is 2. The van der Waals surface area contributed by atoms with Gasteiger partial charge in [0, 0.05) is 12.6 Å². The minimum Gasteiger partial charge on any atom is -0.494 e. The molecule has 2 rings (SSSR count). The van der Waals surface area contributed by atoms with E-state index in [9.17, 15) is 4.39 Å². The summed E-state index contributed by atoms with van der Waals surface area (Å²) in [5.41, 5.74) is 0.998. The zero-order valence-corrected chi connectivity index (χ0v) is 13.0. The highest BCUT2D eigenvalue weighted by molar-refractivity contribution is 5.85. The molecule has 0 aliphatic carbocycles. The number of hydrogen-bond acceptors (Lipinski definition) is 3. The van der Waals surface area contributed by atoms with Crippen LogP contribution in [-0.4, -0.2) is 38.2 Å². The van der Waals surface area contributed by atoms with E-state index in [2.05, 4.69) is 17.3 Å². The number of nitrogens with one attached hydrogen (secondary N) is 1. The molecule has 3 nitrogen and oxygen atoms in total. The number of methoxy groups -OCH3 is 1. The molecule has 1 saturated heterocycles. The summed E-state index contributed by atoms with van der Waals surface area (Å²) in [6.45, 7) is 2.97. The van der Waals surface area contributed by atoms with Crippen molar-refractivity contribution in [2.24, 2.45) is 0 Å². The van der Waals surface area contributed by atoms with Crippen molar-refractivity contribution in [2.45, 2.75) is 31.8 Å². The Morgan fingerprint density at radius 1 is 1.35 bits per heavy atom. The fourth-order valence-corrected chi connectivity index (χ4v) is 2.67. The highest BCUT2D eigenvalue weighted by atomic mass is 35.5. The van der Waals surface area contributed by atoms with Gasteiger partial charge in [0.05, 0.1) is 7.11 Å². The van der Waals surface area contributed by atoms with Crippen LogP contribution >= 0.6 is 12.4 Å². The summed E-state index contributed by atoms with van der Waals surface area (Å²) in [6, 6.07) is 5.80. The predicted octanol–water partition coefficient (Wildman–Crippen LogP) is 2.83. The van der Waals surface area contributed by atoms with Crippen LogP contribution in [-0.2, 0) is 6.54 Å². The minimum absolute atomic E-state index is 0. The Morgan fingerprint density at radius 2 is 2.15 bits per heavy atom. The second-order valence-electron chi connectivity index (χ2n) is 5.22. The van der Waals surface area contributed by atoms with Crippen molar-refractivity contribution in [1.82, 2.24) is 10.2 Å². The summed E-state index contributed by atoms with van der Waals surface area (Å²) >= 11 is 0. The SMILES string of the molecule is COc1ccc(CN(C)C2CCCNCC2)cc1F.Cl. The van der Waals surface area contributed by atoms with Crippen LogP contribution < -0.4 is 10.1 Å². The second kappa shape index (κ2) is 8.45. The first kappa shape index (κ1) is 17.2. The standard InChI is InChI=1S/C15H23FN2O.ClH/c1-18(13-4-3-8-17-9-7-13)11-12-5-6-15(19-2)14(16)10-12;/h5-6,10,13,17H,3-4,7-9,11H2,1-2H3;1H. The monoisotopic (exact) mass is 302 g/mol. The van der Waals surface area contributed by atoms with Crippen LogP contribution in [0.3, 0.4) is 0 Å². The molecule has 1 aliphatic rings. The number of ether oxygens (including phenoxy) is 1. The highest BCUT2D eigenvalue weighted by Gasteiger charge is 2.17. The molecule has 1 aliphatic heterocycles. The molecule has 0 saturated carbocycles. The van der Waals surface area contributed by atoms with E-state index in [1.165, 1.54) is 20.0 Å². The first-order valence-corrected chi connectivity index (χ1v) is 6.94. The van der Waals surface area contributed by atoms with Gasteiger partial charge in [0.15, 0.2) is 11.6 Å². The molecule has 1 heterocycles. The zero-order chi connectivity index (χ0) is 13.7. The molecule has 5 heteroatoms. The lowest BCUT2D eigenvalue weighted by Crippen LogP contribution is -2.32. The van der Waals surface area contributed by atoms with Crippen LogP contribution in [0.25, 0.3) is 0 Å². The minimum atomic E-state index is -0.282. The molecular weight excluding hydrogens is 279 g/mol. The normalized spacial score (nSPS) is 19.3. The molecule has 1 unspecified atom stereocenters.